The largest absolute Gasteiger partial charge is 0.305 e. The molecular weight excluding hydrogens is 265 g/mol. The molecule has 0 unspecified atom stereocenters. The number of hydrogen-bond acceptors (Lipinski definition) is 4. The molecule has 5 nitrogen and oxygen atoms in total. The Bertz CT molecular complexity index is 500. The van der Waals surface area contributed by atoms with E-state index >= 15 is 0 Å². The Balaban J connectivity index is 3.17. The average Bonchev–Trinajstić information content (AvgIpc) is 2.07. The van der Waals surface area contributed by atoms with Crippen molar-refractivity contribution in [2.24, 2.45) is 0 Å². The minimum absolute atomic E-state index is 0.0427. The van der Waals surface area contributed by atoms with E-state index in [4.69, 9.17) is 23.2 Å². The highest BCUT2D eigenvalue weighted by Crippen LogP contribution is 2.25. The van der Waals surface area contributed by atoms with Gasteiger partial charge in [0, 0.05) is 4.92 Å². The molecule has 0 radical (unpaired) electrons. The van der Waals surface area contributed by atoms with Crippen molar-refractivity contribution in [3.63, 3.8) is 0 Å². The maximum atomic E-state index is 11.4. The van der Waals surface area contributed by atoms with E-state index in [-0.39, 0.29) is 14.9 Å². The van der Waals surface area contributed by atoms with Crippen molar-refractivity contribution in [3.05, 3.63) is 38.4 Å². The van der Waals surface area contributed by atoms with Crippen molar-refractivity contribution in [2.75, 3.05) is 5.88 Å². The number of halogens is 2. The van der Waals surface area contributed by atoms with Crippen LogP contribution in [0.2, 0.25) is 10.0 Å². The van der Waals surface area contributed by atoms with E-state index in [0.717, 1.165) is 6.07 Å². The van der Waals surface area contributed by atoms with Crippen molar-refractivity contribution in [1.29, 1.82) is 0 Å². The summed E-state index contributed by atoms with van der Waals surface area (Å²) in [4.78, 5) is 8.97. The fraction of sp³-hybridized carbons (Fsp3) is 0.143. The van der Waals surface area contributed by atoms with Gasteiger partial charge in [-0.15, -0.1) is 0 Å². The van der Waals surface area contributed by atoms with Crippen LogP contribution in [0.5, 0.6) is 0 Å². The third-order valence-electron chi connectivity index (χ3n) is 1.53. The summed E-state index contributed by atoms with van der Waals surface area (Å²) in [6, 6.07) is 3.53. The Hall–Kier alpha value is -0.850. The van der Waals surface area contributed by atoms with Crippen molar-refractivity contribution in [2.45, 2.75) is 4.90 Å². The Morgan fingerprint density at radius 3 is 2.33 bits per heavy atom. The molecule has 0 saturated carbocycles. The van der Waals surface area contributed by atoms with E-state index in [1.165, 1.54) is 12.1 Å². The smallest absolute Gasteiger partial charge is 0.263 e. The van der Waals surface area contributed by atoms with Crippen LogP contribution in [0.4, 0.5) is 0 Å². The second-order valence-electron chi connectivity index (χ2n) is 2.65. The van der Waals surface area contributed by atoms with Gasteiger partial charge in [0.25, 0.3) is 0 Å². The minimum atomic E-state index is -3.94. The molecule has 0 spiro atoms. The van der Waals surface area contributed by atoms with Crippen LogP contribution < -0.4 is 0 Å². The molecule has 0 bridgehead atoms. The van der Waals surface area contributed by atoms with Crippen LogP contribution in [0, 0.1) is 10.1 Å². The van der Waals surface area contributed by atoms with Crippen molar-refractivity contribution >= 4 is 33.0 Å². The van der Waals surface area contributed by atoms with Crippen LogP contribution >= 0.6 is 23.2 Å². The van der Waals surface area contributed by atoms with Crippen LogP contribution in [-0.4, -0.2) is 19.2 Å². The average molecular weight is 270 g/mol. The first-order chi connectivity index (χ1) is 6.83. The third-order valence-corrected chi connectivity index (χ3v) is 3.79. The van der Waals surface area contributed by atoms with E-state index in [2.05, 4.69) is 0 Å². The van der Waals surface area contributed by atoms with Gasteiger partial charge in [-0.25, -0.2) is 8.42 Å². The number of nitrogens with zero attached hydrogens (tertiary/aromatic N) is 1. The molecule has 0 aliphatic carbocycles. The maximum absolute atomic E-state index is 11.4. The molecule has 1 aromatic carbocycles. The predicted molar refractivity (Wildman–Crippen MR) is 55.5 cm³/mol. The van der Waals surface area contributed by atoms with Gasteiger partial charge in [-0.1, -0.05) is 23.2 Å². The van der Waals surface area contributed by atoms with E-state index in [0.29, 0.717) is 0 Å². The van der Waals surface area contributed by atoms with Gasteiger partial charge in [-0.2, -0.15) is 0 Å². The molecule has 0 aromatic heterocycles. The fourth-order valence-corrected chi connectivity index (χ4v) is 2.25. The summed E-state index contributed by atoms with van der Waals surface area (Å²) in [5.41, 5.74) is 0. The zero-order valence-corrected chi connectivity index (χ0v) is 9.51. The Morgan fingerprint density at radius 2 is 1.87 bits per heavy atom. The third kappa shape index (κ3) is 3.05. The maximum Gasteiger partial charge on any atom is 0.305 e. The van der Waals surface area contributed by atoms with Gasteiger partial charge < -0.3 is 0 Å². The number of hydrogen-bond donors (Lipinski definition) is 0. The SMILES string of the molecule is O=[N+]([O-])CS(=O)(=O)c1ccc(Cl)c(Cl)c1. The summed E-state index contributed by atoms with van der Waals surface area (Å²) in [7, 11) is -3.94. The molecule has 8 heteroatoms. The standard InChI is InChI=1S/C7H5Cl2NO4S/c8-6-2-1-5(3-7(6)9)15(13,14)4-10(11)12/h1-3H,4H2. The van der Waals surface area contributed by atoms with Crippen LogP contribution in [0.15, 0.2) is 23.1 Å². The zero-order valence-electron chi connectivity index (χ0n) is 7.18. The second kappa shape index (κ2) is 4.34. The van der Waals surface area contributed by atoms with Gasteiger partial charge in [0.05, 0.1) is 14.9 Å². The highest BCUT2D eigenvalue weighted by Gasteiger charge is 2.21. The molecule has 82 valence electrons. The monoisotopic (exact) mass is 269 g/mol. The summed E-state index contributed by atoms with van der Waals surface area (Å²) in [6.07, 6.45) is 0. The highest BCUT2D eigenvalue weighted by molar-refractivity contribution is 7.91. The summed E-state index contributed by atoms with van der Waals surface area (Å²) in [6.45, 7) is 0. The molecule has 0 fully saturated rings. The van der Waals surface area contributed by atoms with E-state index in [1.54, 1.807) is 0 Å². The second-order valence-corrected chi connectivity index (χ2v) is 5.43. The molecular formula is C7H5Cl2NO4S. The molecule has 0 saturated heterocycles. The van der Waals surface area contributed by atoms with Gasteiger partial charge in [0.1, 0.15) is 0 Å². The van der Waals surface area contributed by atoms with Crippen LogP contribution in [0.3, 0.4) is 0 Å². The van der Waals surface area contributed by atoms with E-state index in [1.807, 2.05) is 0 Å². The number of nitro groups is 1. The van der Waals surface area contributed by atoms with Crippen LogP contribution in [0.25, 0.3) is 0 Å². The highest BCUT2D eigenvalue weighted by atomic mass is 35.5. The van der Waals surface area contributed by atoms with Gasteiger partial charge in [0.15, 0.2) is 0 Å². The lowest BCUT2D eigenvalue weighted by Crippen LogP contribution is -2.14. The normalized spacial score (nSPS) is 11.3. The summed E-state index contributed by atoms with van der Waals surface area (Å²) in [5, 5.41) is 10.3. The first-order valence-electron chi connectivity index (χ1n) is 3.62. The minimum Gasteiger partial charge on any atom is -0.263 e. The first kappa shape index (κ1) is 12.2. The van der Waals surface area contributed by atoms with Crippen molar-refractivity contribution in [3.8, 4) is 0 Å². The number of rotatable bonds is 3. The van der Waals surface area contributed by atoms with Crippen molar-refractivity contribution in [1.82, 2.24) is 0 Å². The van der Waals surface area contributed by atoms with Gasteiger partial charge in [0.2, 0.25) is 9.84 Å². The van der Waals surface area contributed by atoms with Crippen LogP contribution in [0.1, 0.15) is 0 Å². The summed E-state index contributed by atoms with van der Waals surface area (Å²) in [5.74, 6) is -1.16. The lowest BCUT2D eigenvalue weighted by Gasteiger charge is -2.01. The molecule has 0 N–H and O–H groups in total. The van der Waals surface area contributed by atoms with Gasteiger partial charge in [-0.05, 0) is 18.2 Å². The topological polar surface area (TPSA) is 77.3 Å². The van der Waals surface area contributed by atoms with Crippen LogP contribution in [-0.2, 0) is 9.84 Å². The van der Waals surface area contributed by atoms with Gasteiger partial charge >= 0.3 is 5.88 Å². The fourth-order valence-electron chi connectivity index (χ4n) is 0.884. The number of benzene rings is 1. The summed E-state index contributed by atoms with van der Waals surface area (Å²) < 4.78 is 22.7. The quantitative estimate of drug-likeness (QED) is 0.621. The lowest BCUT2D eigenvalue weighted by molar-refractivity contribution is -0.458. The molecule has 1 aromatic rings. The summed E-state index contributed by atoms with van der Waals surface area (Å²) >= 11 is 11.2. The van der Waals surface area contributed by atoms with E-state index in [9.17, 15) is 18.5 Å². The predicted octanol–water partition coefficient (Wildman–Crippen LogP) is 2.00. The zero-order chi connectivity index (χ0) is 11.6. The van der Waals surface area contributed by atoms with Crippen molar-refractivity contribution < 1.29 is 13.3 Å². The molecule has 0 atom stereocenters. The molecule has 0 aliphatic rings. The Labute approximate surface area is 95.7 Å². The molecule has 1 rings (SSSR count). The Kier molecular flexibility index (Phi) is 3.54. The first-order valence-corrected chi connectivity index (χ1v) is 6.03. The Morgan fingerprint density at radius 1 is 1.27 bits per heavy atom. The van der Waals surface area contributed by atoms with E-state index < -0.39 is 20.6 Å². The molecule has 15 heavy (non-hydrogen) atoms. The lowest BCUT2D eigenvalue weighted by atomic mass is 10.4. The molecule has 0 heterocycles. The molecule has 0 amide bonds. The number of sulfone groups is 1. The molecule has 0 aliphatic heterocycles. The van der Waals surface area contributed by atoms with Gasteiger partial charge in [-0.3, -0.25) is 10.1 Å².